The van der Waals surface area contributed by atoms with Crippen molar-refractivity contribution < 1.29 is 9.53 Å². The molecule has 0 spiro atoms. The molecular formula is C26H26ClN3O2S. The first-order valence-electron chi connectivity index (χ1n) is 11.3. The van der Waals surface area contributed by atoms with E-state index in [1.165, 1.54) is 0 Å². The van der Waals surface area contributed by atoms with E-state index in [2.05, 4.69) is 14.9 Å². The van der Waals surface area contributed by atoms with Gasteiger partial charge in [-0.3, -0.25) is 4.79 Å². The van der Waals surface area contributed by atoms with Crippen LogP contribution in [-0.4, -0.2) is 39.0 Å². The lowest BCUT2D eigenvalue weighted by atomic mass is 9.98. The fraction of sp³-hybridized carbons (Fsp3) is 0.346. The molecule has 170 valence electrons. The highest BCUT2D eigenvalue weighted by molar-refractivity contribution is 7.98. The van der Waals surface area contributed by atoms with E-state index in [1.54, 1.807) is 24.2 Å². The van der Waals surface area contributed by atoms with Crippen molar-refractivity contribution >= 4 is 29.3 Å². The van der Waals surface area contributed by atoms with Gasteiger partial charge in [-0.25, -0.2) is 9.97 Å². The van der Waals surface area contributed by atoms with E-state index in [9.17, 15) is 4.79 Å². The number of nitrogens with zero attached hydrogens (tertiary/aromatic N) is 3. The number of rotatable bonds is 6. The molecule has 3 heterocycles. The lowest BCUT2D eigenvalue weighted by molar-refractivity contribution is 0.0359. The van der Waals surface area contributed by atoms with Crippen LogP contribution in [0, 0.1) is 6.92 Å². The zero-order chi connectivity index (χ0) is 22.8. The Balaban J connectivity index is 1.21. The molecule has 0 N–H and O–H groups in total. The number of piperidine rings is 1. The molecule has 7 heteroatoms. The van der Waals surface area contributed by atoms with Gasteiger partial charge in [0.2, 0.25) is 0 Å². The average molecular weight is 480 g/mol. The number of halogens is 1. The highest BCUT2D eigenvalue weighted by Gasteiger charge is 2.44. The fourth-order valence-corrected chi connectivity index (χ4v) is 5.76. The van der Waals surface area contributed by atoms with E-state index in [-0.39, 0.29) is 24.1 Å². The maximum Gasteiger partial charge on any atom is 0.254 e. The molecule has 2 atom stereocenters. The van der Waals surface area contributed by atoms with Crippen molar-refractivity contribution in [2.45, 2.75) is 61.7 Å². The van der Waals surface area contributed by atoms with Gasteiger partial charge in [0, 0.05) is 48.6 Å². The van der Waals surface area contributed by atoms with Crippen LogP contribution in [0.3, 0.4) is 0 Å². The van der Waals surface area contributed by atoms with E-state index in [0.29, 0.717) is 5.02 Å². The van der Waals surface area contributed by atoms with Crippen molar-refractivity contribution in [1.82, 2.24) is 14.9 Å². The standard InChI is InChI=1S/C26H26ClN3O2S/c1-17-3-10-23(27)24(13-17)32-22-14-20-8-9-21(15-22)30(20)25(31)19-6-4-18(5-7-19)16-33-26-28-11-2-12-29-26/h2-7,10-13,20-22H,8-9,14-16H2,1H3. The molecule has 0 saturated carbocycles. The van der Waals surface area contributed by atoms with Crippen molar-refractivity contribution in [2.24, 2.45) is 0 Å². The van der Waals surface area contributed by atoms with Crippen LogP contribution in [0.5, 0.6) is 5.75 Å². The number of aryl methyl sites for hydroxylation is 1. The zero-order valence-corrected chi connectivity index (χ0v) is 20.1. The Labute approximate surface area is 203 Å². The van der Waals surface area contributed by atoms with Gasteiger partial charge in [0.15, 0.2) is 5.16 Å². The first-order valence-corrected chi connectivity index (χ1v) is 12.7. The molecule has 5 rings (SSSR count). The molecule has 2 bridgehead atoms. The van der Waals surface area contributed by atoms with Gasteiger partial charge < -0.3 is 9.64 Å². The summed E-state index contributed by atoms with van der Waals surface area (Å²) in [6, 6.07) is 16.0. The summed E-state index contributed by atoms with van der Waals surface area (Å²) in [6.07, 6.45) is 7.33. The number of hydrogen-bond donors (Lipinski definition) is 0. The topological polar surface area (TPSA) is 55.3 Å². The minimum absolute atomic E-state index is 0.0884. The van der Waals surface area contributed by atoms with Gasteiger partial charge in [-0.2, -0.15) is 0 Å². The molecule has 2 saturated heterocycles. The minimum atomic E-state index is 0.0884. The SMILES string of the molecule is Cc1ccc(Cl)c(OC2CC3CCC(C2)N3C(=O)c2ccc(CSc3ncccn3)cc2)c1. The predicted molar refractivity (Wildman–Crippen MR) is 131 cm³/mol. The number of benzene rings is 2. The molecule has 2 unspecified atom stereocenters. The van der Waals surface area contributed by atoms with Crippen molar-refractivity contribution in [3.05, 3.63) is 82.6 Å². The summed E-state index contributed by atoms with van der Waals surface area (Å²) in [5.41, 5.74) is 3.02. The van der Waals surface area contributed by atoms with Crippen LogP contribution in [0.15, 0.2) is 66.1 Å². The van der Waals surface area contributed by atoms with E-state index in [4.69, 9.17) is 16.3 Å². The third kappa shape index (κ3) is 5.02. The summed E-state index contributed by atoms with van der Waals surface area (Å²) in [4.78, 5) is 23.9. The molecule has 2 aromatic carbocycles. The van der Waals surface area contributed by atoms with Gasteiger partial charge in [0.1, 0.15) is 11.9 Å². The van der Waals surface area contributed by atoms with Crippen LogP contribution < -0.4 is 4.74 Å². The summed E-state index contributed by atoms with van der Waals surface area (Å²) in [6.45, 7) is 2.04. The number of amides is 1. The lowest BCUT2D eigenvalue weighted by Gasteiger charge is -2.39. The highest BCUT2D eigenvalue weighted by Crippen LogP contribution is 2.39. The molecule has 3 aromatic rings. The fourth-order valence-electron chi connectivity index (χ4n) is 4.84. The van der Waals surface area contributed by atoms with Crippen LogP contribution >= 0.6 is 23.4 Å². The Hall–Kier alpha value is -2.57. The maximum atomic E-state index is 13.4. The first-order chi connectivity index (χ1) is 16.1. The number of thioether (sulfide) groups is 1. The van der Waals surface area contributed by atoms with E-state index >= 15 is 0 Å². The third-order valence-corrected chi connectivity index (χ3v) is 7.67. The predicted octanol–water partition coefficient (Wildman–Crippen LogP) is 5.95. The Morgan fingerprint density at radius 1 is 1.09 bits per heavy atom. The molecular weight excluding hydrogens is 454 g/mol. The van der Waals surface area contributed by atoms with Gasteiger partial charge in [-0.05, 0) is 61.2 Å². The van der Waals surface area contributed by atoms with Crippen LogP contribution in [-0.2, 0) is 5.75 Å². The molecule has 2 fully saturated rings. The lowest BCUT2D eigenvalue weighted by Crippen LogP contribution is -2.49. The largest absolute Gasteiger partial charge is 0.489 e. The molecule has 2 aliphatic rings. The monoisotopic (exact) mass is 479 g/mol. The van der Waals surface area contributed by atoms with E-state index in [0.717, 1.165) is 59.0 Å². The number of carbonyl (C=O) groups excluding carboxylic acids is 1. The van der Waals surface area contributed by atoms with Crippen molar-refractivity contribution in [3.63, 3.8) is 0 Å². The molecule has 0 aliphatic carbocycles. The summed E-state index contributed by atoms with van der Waals surface area (Å²) < 4.78 is 6.28. The third-order valence-electron chi connectivity index (χ3n) is 6.42. The molecule has 1 amide bonds. The number of hydrogen-bond acceptors (Lipinski definition) is 5. The van der Waals surface area contributed by atoms with Crippen LogP contribution in [0.2, 0.25) is 5.02 Å². The van der Waals surface area contributed by atoms with Gasteiger partial charge in [-0.15, -0.1) is 0 Å². The van der Waals surface area contributed by atoms with Gasteiger partial charge >= 0.3 is 0 Å². The van der Waals surface area contributed by atoms with E-state index in [1.807, 2.05) is 55.5 Å². The second-order valence-electron chi connectivity index (χ2n) is 8.76. The minimum Gasteiger partial charge on any atom is -0.489 e. The molecule has 1 aromatic heterocycles. The number of carbonyl (C=O) groups is 1. The second-order valence-corrected chi connectivity index (χ2v) is 10.1. The van der Waals surface area contributed by atoms with Crippen molar-refractivity contribution in [2.75, 3.05) is 0 Å². The molecule has 5 nitrogen and oxygen atoms in total. The van der Waals surface area contributed by atoms with Gasteiger partial charge in [0.05, 0.1) is 5.02 Å². The Morgan fingerprint density at radius 2 is 1.79 bits per heavy atom. The van der Waals surface area contributed by atoms with E-state index < -0.39 is 0 Å². The molecule has 2 aliphatic heterocycles. The molecule has 33 heavy (non-hydrogen) atoms. The maximum absolute atomic E-state index is 13.4. The number of fused-ring (bicyclic) bond motifs is 2. The summed E-state index contributed by atoms with van der Waals surface area (Å²) in [5.74, 6) is 1.64. The van der Waals surface area contributed by atoms with Gasteiger partial charge in [0.25, 0.3) is 5.91 Å². The summed E-state index contributed by atoms with van der Waals surface area (Å²) in [7, 11) is 0. The van der Waals surface area contributed by atoms with Crippen LogP contribution in [0.1, 0.15) is 47.2 Å². The smallest absolute Gasteiger partial charge is 0.254 e. The number of aromatic nitrogens is 2. The Morgan fingerprint density at radius 3 is 2.48 bits per heavy atom. The van der Waals surface area contributed by atoms with Crippen LogP contribution in [0.4, 0.5) is 0 Å². The summed E-state index contributed by atoms with van der Waals surface area (Å²) >= 11 is 7.92. The highest BCUT2D eigenvalue weighted by atomic mass is 35.5. The van der Waals surface area contributed by atoms with Crippen molar-refractivity contribution in [1.29, 1.82) is 0 Å². The van der Waals surface area contributed by atoms with Gasteiger partial charge in [-0.1, -0.05) is 41.6 Å². The average Bonchev–Trinajstić information content (AvgIpc) is 3.10. The normalized spacial score (nSPS) is 21.8. The van der Waals surface area contributed by atoms with Crippen molar-refractivity contribution in [3.8, 4) is 5.75 Å². The quantitative estimate of drug-likeness (QED) is 0.323. The Kier molecular flexibility index (Phi) is 6.56. The first kappa shape index (κ1) is 22.2. The summed E-state index contributed by atoms with van der Waals surface area (Å²) in [5, 5.41) is 1.40. The Bertz CT molecular complexity index is 1110. The number of ether oxygens (including phenoxy) is 1. The zero-order valence-electron chi connectivity index (χ0n) is 18.5. The van der Waals surface area contributed by atoms with Crippen LogP contribution in [0.25, 0.3) is 0 Å². The molecule has 0 radical (unpaired) electrons. The second kappa shape index (κ2) is 9.74.